The van der Waals surface area contributed by atoms with Crippen molar-refractivity contribution >= 4 is 17.3 Å². The first-order valence-corrected chi connectivity index (χ1v) is 5.56. The second-order valence-corrected chi connectivity index (χ2v) is 4.15. The van der Waals surface area contributed by atoms with E-state index in [-0.39, 0.29) is 18.3 Å². The highest BCUT2D eigenvalue weighted by Gasteiger charge is 2.30. The number of carbonyl (C=O) groups is 1. The zero-order valence-corrected chi connectivity index (χ0v) is 10.5. The van der Waals surface area contributed by atoms with Gasteiger partial charge in [-0.2, -0.15) is 13.2 Å². The molecule has 0 aromatic heterocycles. The van der Waals surface area contributed by atoms with Crippen LogP contribution in [0.5, 0.6) is 0 Å². The Labute approximate surface area is 108 Å². The molecule has 0 aliphatic heterocycles. The number of rotatable bonds is 4. The lowest BCUT2D eigenvalue weighted by Crippen LogP contribution is -2.23. The first kappa shape index (κ1) is 15.1. The first-order valence-electron chi connectivity index (χ1n) is 5.56. The van der Waals surface area contributed by atoms with E-state index in [1.165, 1.54) is 13.0 Å². The maximum absolute atomic E-state index is 12.4. The highest BCUT2D eigenvalue weighted by molar-refractivity contribution is 5.68. The molecule has 1 unspecified atom stereocenters. The van der Waals surface area contributed by atoms with Crippen LogP contribution < -0.4 is 11.1 Å². The smallest absolute Gasteiger partial charge is 0.416 e. The fraction of sp³-hybridized carbons (Fsp3) is 0.417. The molecule has 0 aliphatic carbocycles. The van der Waals surface area contributed by atoms with Crippen LogP contribution in [0.15, 0.2) is 18.2 Å². The summed E-state index contributed by atoms with van der Waals surface area (Å²) in [7, 11) is 0. The maximum Gasteiger partial charge on any atom is 0.416 e. The highest BCUT2D eigenvalue weighted by Crippen LogP contribution is 2.32. The highest BCUT2D eigenvalue weighted by atomic mass is 19.4. The Morgan fingerprint density at radius 1 is 1.47 bits per heavy atom. The molecule has 0 radical (unpaired) electrons. The van der Waals surface area contributed by atoms with E-state index in [1.54, 1.807) is 6.92 Å². The lowest BCUT2D eigenvalue weighted by Gasteiger charge is -2.17. The van der Waals surface area contributed by atoms with Crippen molar-refractivity contribution in [2.24, 2.45) is 0 Å². The number of nitrogens with two attached hydrogens (primary N) is 1. The van der Waals surface area contributed by atoms with Crippen LogP contribution >= 0.6 is 0 Å². The predicted octanol–water partition coefficient (Wildman–Crippen LogP) is 2.65. The number of nitrogens with one attached hydrogen (secondary N) is 1. The van der Waals surface area contributed by atoms with Gasteiger partial charge in [0.15, 0.2) is 0 Å². The number of anilines is 2. The number of hydrogen-bond acceptors (Lipinski definition) is 4. The van der Waals surface area contributed by atoms with Crippen LogP contribution in [0, 0.1) is 0 Å². The van der Waals surface area contributed by atoms with Crippen LogP contribution in [0.1, 0.15) is 19.4 Å². The quantitative estimate of drug-likeness (QED) is 0.655. The Balaban J connectivity index is 2.72. The van der Waals surface area contributed by atoms with Crippen LogP contribution in [0.3, 0.4) is 0 Å². The molecule has 0 heterocycles. The lowest BCUT2D eigenvalue weighted by atomic mass is 10.1. The number of nitrogen functional groups attached to an aromatic ring is 1. The molecule has 3 N–H and O–H groups in total. The van der Waals surface area contributed by atoms with Crippen molar-refractivity contribution in [3.63, 3.8) is 0 Å². The summed E-state index contributed by atoms with van der Waals surface area (Å²) in [6.07, 6.45) is -4.42. The fourth-order valence-corrected chi connectivity index (χ4v) is 1.42. The normalized spacial score (nSPS) is 12.9. The van der Waals surface area contributed by atoms with Crippen LogP contribution in [-0.4, -0.2) is 18.6 Å². The zero-order valence-electron chi connectivity index (χ0n) is 10.5. The van der Waals surface area contributed by atoms with E-state index in [9.17, 15) is 18.0 Å². The maximum atomic E-state index is 12.4. The van der Waals surface area contributed by atoms with Gasteiger partial charge in [-0.3, -0.25) is 4.79 Å². The minimum atomic E-state index is -4.42. The Morgan fingerprint density at radius 3 is 2.58 bits per heavy atom. The average Bonchev–Trinajstić information content (AvgIpc) is 2.27. The molecule has 1 aromatic rings. The molecule has 0 amide bonds. The topological polar surface area (TPSA) is 64.3 Å². The summed E-state index contributed by atoms with van der Waals surface area (Å²) in [6, 6.07) is 2.79. The predicted molar refractivity (Wildman–Crippen MR) is 65.6 cm³/mol. The Kier molecular flexibility index (Phi) is 4.63. The van der Waals surface area contributed by atoms with Gasteiger partial charge in [0, 0.05) is 6.92 Å². The molecular formula is C12H15F3N2O2. The summed E-state index contributed by atoms with van der Waals surface area (Å²) in [5, 5.41) is 2.87. The molecule has 106 valence electrons. The number of alkyl halides is 3. The number of carbonyl (C=O) groups excluding carboxylic acids is 1. The molecule has 19 heavy (non-hydrogen) atoms. The van der Waals surface area contributed by atoms with Gasteiger partial charge in [0.2, 0.25) is 0 Å². The molecule has 1 aromatic carbocycles. The standard InChI is InChI=1S/C12H15F3N2O2/c1-7(6-19-8(2)18)17-11-4-3-9(5-10(11)16)12(13,14)15/h3-5,7,17H,6,16H2,1-2H3. The van der Waals surface area contributed by atoms with Gasteiger partial charge in [-0.05, 0) is 25.1 Å². The third-order valence-electron chi connectivity index (χ3n) is 2.32. The summed E-state index contributed by atoms with van der Waals surface area (Å²) in [6.45, 7) is 3.11. The molecule has 0 spiro atoms. The first-order chi connectivity index (χ1) is 8.70. The van der Waals surface area contributed by atoms with Crippen molar-refractivity contribution in [1.82, 2.24) is 0 Å². The second-order valence-electron chi connectivity index (χ2n) is 4.15. The average molecular weight is 276 g/mol. The molecule has 0 fully saturated rings. The monoisotopic (exact) mass is 276 g/mol. The minimum absolute atomic E-state index is 0.00972. The van der Waals surface area contributed by atoms with Crippen LogP contribution in [-0.2, 0) is 15.7 Å². The minimum Gasteiger partial charge on any atom is -0.464 e. The molecular weight excluding hydrogens is 261 g/mol. The third kappa shape index (κ3) is 4.69. The van der Waals surface area contributed by atoms with E-state index in [0.717, 1.165) is 12.1 Å². The largest absolute Gasteiger partial charge is 0.464 e. The Morgan fingerprint density at radius 2 is 2.11 bits per heavy atom. The molecule has 0 saturated carbocycles. The summed E-state index contributed by atoms with van der Waals surface area (Å²) in [5.74, 6) is -0.422. The van der Waals surface area contributed by atoms with E-state index in [2.05, 4.69) is 5.32 Å². The second kappa shape index (κ2) is 5.81. The van der Waals surface area contributed by atoms with Crippen molar-refractivity contribution in [3.05, 3.63) is 23.8 Å². The third-order valence-corrected chi connectivity index (χ3v) is 2.32. The van der Waals surface area contributed by atoms with Crippen LogP contribution in [0.4, 0.5) is 24.5 Å². The van der Waals surface area contributed by atoms with E-state index in [4.69, 9.17) is 10.5 Å². The van der Waals surface area contributed by atoms with E-state index >= 15 is 0 Å². The summed E-state index contributed by atoms with van der Waals surface area (Å²) in [5.41, 5.74) is 5.11. The number of halogens is 3. The Hall–Kier alpha value is -1.92. The number of hydrogen-bond donors (Lipinski definition) is 2. The van der Waals surface area contributed by atoms with Crippen molar-refractivity contribution in [1.29, 1.82) is 0 Å². The molecule has 0 aliphatic rings. The van der Waals surface area contributed by atoms with Gasteiger partial charge >= 0.3 is 12.1 Å². The fourth-order valence-electron chi connectivity index (χ4n) is 1.42. The SMILES string of the molecule is CC(=O)OCC(C)Nc1ccc(C(F)(F)F)cc1N. The van der Waals surface area contributed by atoms with Gasteiger partial charge in [0.05, 0.1) is 23.0 Å². The van der Waals surface area contributed by atoms with Gasteiger partial charge in [0.25, 0.3) is 0 Å². The van der Waals surface area contributed by atoms with E-state index in [0.29, 0.717) is 5.69 Å². The van der Waals surface area contributed by atoms with Crippen molar-refractivity contribution in [2.75, 3.05) is 17.7 Å². The number of ether oxygens (including phenoxy) is 1. The van der Waals surface area contributed by atoms with Gasteiger partial charge in [-0.25, -0.2) is 0 Å². The van der Waals surface area contributed by atoms with Gasteiger partial charge in [0.1, 0.15) is 6.61 Å². The van der Waals surface area contributed by atoms with E-state index in [1.807, 2.05) is 0 Å². The molecule has 7 heteroatoms. The van der Waals surface area contributed by atoms with Crippen molar-refractivity contribution in [2.45, 2.75) is 26.1 Å². The molecule has 0 saturated heterocycles. The van der Waals surface area contributed by atoms with Gasteiger partial charge in [-0.15, -0.1) is 0 Å². The Bertz CT molecular complexity index is 461. The van der Waals surface area contributed by atoms with Crippen molar-refractivity contribution < 1.29 is 22.7 Å². The molecule has 4 nitrogen and oxygen atoms in total. The number of esters is 1. The summed E-state index contributed by atoms with van der Waals surface area (Å²) >= 11 is 0. The molecule has 1 atom stereocenters. The zero-order chi connectivity index (χ0) is 14.6. The van der Waals surface area contributed by atoms with Gasteiger partial charge in [-0.1, -0.05) is 0 Å². The van der Waals surface area contributed by atoms with Crippen LogP contribution in [0.2, 0.25) is 0 Å². The van der Waals surface area contributed by atoms with Crippen LogP contribution in [0.25, 0.3) is 0 Å². The number of benzene rings is 1. The van der Waals surface area contributed by atoms with Gasteiger partial charge < -0.3 is 15.8 Å². The van der Waals surface area contributed by atoms with E-state index < -0.39 is 17.7 Å². The summed E-state index contributed by atoms with van der Waals surface area (Å²) in [4.78, 5) is 10.6. The summed E-state index contributed by atoms with van der Waals surface area (Å²) < 4.78 is 42.1. The molecule has 1 rings (SSSR count). The van der Waals surface area contributed by atoms with Crippen molar-refractivity contribution in [3.8, 4) is 0 Å². The molecule has 0 bridgehead atoms. The lowest BCUT2D eigenvalue weighted by molar-refractivity contribution is -0.141.